The third kappa shape index (κ3) is 2.96. The lowest BCUT2D eigenvalue weighted by atomic mass is 9.89. The largest absolute Gasteiger partial charge is 0.393 e. The molecular formula is C11H23NO. The van der Waals surface area contributed by atoms with E-state index in [4.69, 9.17) is 0 Å². The first-order valence-corrected chi connectivity index (χ1v) is 5.32. The molecule has 2 heteroatoms. The third-order valence-corrected chi connectivity index (χ3v) is 3.22. The first-order chi connectivity index (χ1) is 5.91. The highest BCUT2D eigenvalue weighted by Gasteiger charge is 2.29. The molecule has 78 valence electrons. The topological polar surface area (TPSA) is 23.5 Å². The second-order valence-electron chi connectivity index (χ2n) is 5.26. The number of rotatable bonds is 1. The number of nitrogens with zero attached hydrogens (tertiary/aromatic N) is 1. The lowest BCUT2D eigenvalue weighted by Gasteiger charge is -2.41. The molecule has 0 heterocycles. The zero-order valence-corrected chi connectivity index (χ0v) is 9.38. The van der Waals surface area contributed by atoms with Gasteiger partial charge >= 0.3 is 0 Å². The van der Waals surface area contributed by atoms with Crippen LogP contribution in [0.5, 0.6) is 0 Å². The molecule has 1 aliphatic rings. The lowest BCUT2D eigenvalue weighted by molar-refractivity contribution is 0.0342. The number of aliphatic hydroxyl groups excluding tert-OH is 1. The van der Waals surface area contributed by atoms with Crippen LogP contribution in [0.3, 0.4) is 0 Å². The number of hydrogen-bond donors (Lipinski definition) is 1. The van der Waals surface area contributed by atoms with Gasteiger partial charge in [0.05, 0.1) is 6.10 Å². The molecule has 0 aliphatic heterocycles. The molecular weight excluding hydrogens is 162 g/mol. The number of aliphatic hydroxyl groups is 1. The minimum absolute atomic E-state index is 0.0662. The molecule has 1 fully saturated rings. The van der Waals surface area contributed by atoms with Crippen molar-refractivity contribution in [2.45, 2.75) is 64.1 Å². The van der Waals surface area contributed by atoms with Gasteiger partial charge in [0.2, 0.25) is 0 Å². The van der Waals surface area contributed by atoms with Crippen molar-refractivity contribution in [3.8, 4) is 0 Å². The van der Waals surface area contributed by atoms with Crippen molar-refractivity contribution < 1.29 is 5.11 Å². The third-order valence-electron chi connectivity index (χ3n) is 3.22. The Morgan fingerprint density at radius 1 is 1.23 bits per heavy atom. The van der Waals surface area contributed by atoms with Crippen molar-refractivity contribution in [1.82, 2.24) is 4.90 Å². The van der Waals surface area contributed by atoms with Gasteiger partial charge in [-0.25, -0.2) is 0 Å². The maximum absolute atomic E-state index is 9.57. The molecule has 1 saturated carbocycles. The van der Waals surface area contributed by atoms with E-state index in [-0.39, 0.29) is 11.6 Å². The summed E-state index contributed by atoms with van der Waals surface area (Å²) in [6, 6.07) is 0.573. The zero-order chi connectivity index (χ0) is 10.1. The van der Waals surface area contributed by atoms with Gasteiger partial charge in [-0.3, -0.25) is 4.90 Å². The van der Waals surface area contributed by atoms with E-state index in [2.05, 4.69) is 32.7 Å². The van der Waals surface area contributed by atoms with Crippen LogP contribution < -0.4 is 0 Å². The minimum atomic E-state index is -0.0662. The standard InChI is InChI=1S/C11H23NO/c1-11(2,3)12(4)9-6-5-7-10(13)8-9/h9-10,13H,5-8H2,1-4H3. The summed E-state index contributed by atoms with van der Waals surface area (Å²) in [7, 11) is 2.17. The van der Waals surface area contributed by atoms with E-state index in [0.717, 1.165) is 12.8 Å². The molecule has 0 aromatic rings. The van der Waals surface area contributed by atoms with Crippen molar-refractivity contribution in [2.24, 2.45) is 0 Å². The molecule has 0 aromatic carbocycles. The highest BCUT2D eigenvalue weighted by Crippen LogP contribution is 2.26. The minimum Gasteiger partial charge on any atom is -0.393 e. The van der Waals surface area contributed by atoms with Gasteiger partial charge < -0.3 is 5.11 Å². The average Bonchev–Trinajstić information content (AvgIpc) is 2.01. The lowest BCUT2D eigenvalue weighted by Crippen LogP contribution is -2.47. The van der Waals surface area contributed by atoms with E-state index in [1.165, 1.54) is 12.8 Å². The van der Waals surface area contributed by atoms with Gasteiger partial charge in [-0.05, 0) is 53.5 Å². The first-order valence-electron chi connectivity index (χ1n) is 5.32. The first kappa shape index (κ1) is 11.0. The van der Waals surface area contributed by atoms with Gasteiger partial charge in [-0.2, -0.15) is 0 Å². The van der Waals surface area contributed by atoms with Gasteiger partial charge in [0.25, 0.3) is 0 Å². The predicted octanol–water partition coefficient (Wildman–Crippen LogP) is 2.02. The molecule has 0 bridgehead atoms. The van der Waals surface area contributed by atoms with Crippen LogP contribution in [0, 0.1) is 0 Å². The molecule has 2 atom stereocenters. The van der Waals surface area contributed by atoms with Crippen molar-refractivity contribution >= 4 is 0 Å². The van der Waals surface area contributed by atoms with Crippen LogP contribution in [0.15, 0.2) is 0 Å². The summed E-state index contributed by atoms with van der Waals surface area (Å²) in [6.07, 6.45) is 4.29. The van der Waals surface area contributed by atoms with Gasteiger partial charge in [-0.1, -0.05) is 0 Å². The summed E-state index contributed by atoms with van der Waals surface area (Å²) in [5.74, 6) is 0. The van der Waals surface area contributed by atoms with E-state index in [0.29, 0.717) is 6.04 Å². The SMILES string of the molecule is CN(C1CCCC(O)C1)C(C)(C)C. The van der Waals surface area contributed by atoms with Crippen LogP contribution >= 0.6 is 0 Å². The van der Waals surface area contributed by atoms with Crippen molar-refractivity contribution in [1.29, 1.82) is 0 Å². The summed E-state index contributed by atoms with van der Waals surface area (Å²) >= 11 is 0. The molecule has 2 unspecified atom stereocenters. The Morgan fingerprint density at radius 3 is 2.31 bits per heavy atom. The van der Waals surface area contributed by atoms with Crippen LogP contribution in [0.4, 0.5) is 0 Å². The van der Waals surface area contributed by atoms with E-state index < -0.39 is 0 Å². The van der Waals surface area contributed by atoms with E-state index >= 15 is 0 Å². The molecule has 1 N–H and O–H groups in total. The summed E-state index contributed by atoms with van der Waals surface area (Å²) in [5.41, 5.74) is 0.224. The van der Waals surface area contributed by atoms with Crippen LogP contribution in [-0.4, -0.2) is 34.7 Å². The van der Waals surface area contributed by atoms with E-state index in [9.17, 15) is 5.11 Å². The van der Waals surface area contributed by atoms with Crippen LogP contribution in [-0.2, 0) is 0 Å². The molecule has 0 aromatic heterocycles. The Bertz CT molecular complexity index is 162. The fraction of sp³-hybridized carbons (Fsp3) is 1.00. The summed E-state index contributed by atoms with van der Waals surface area (Å²) in [4.78, 5) is 2.40. The molecule has 1 aliphatic carbocycles. The quantitative estimate of drug-likeness (QED) is 0.675. The maximum Gasteiger partial charge on any atom is 0.0555 e. The molecule has 0 radical (unpaired) electrons. The fourth-order valence-corrected chi connectivity index (χ4v) is 2.04. The Hall–Kier alpha value is -0.0800. The second kappa shape index (κ2) is 3.97. The highest BCUT2D eigenvalue weighted by molar-refractivity contribution is 4.84. The van der Waals surface area contributed by atoms with Gasteiger partial charge in [0.1, 0.15) is 0 Å². The Balaban J connectivity index is 2.51. The second-order valence-corrected chi connectivity index (χ2v) is 5.26. The predicted molar refractivity (Wildman–Crippen MR) is 55.8 cm³/mol. The van der Waals surface area contributed by atoms with Crippen molar-refractivity contribution in [3.05, 3.63) is 0 Å². The van der Waals surface area contributed by atoms with E-state index in [1.807, 2.05) is 0 Å². The smallest absolute Gasteiger partial charge is 0.0555 e. The molecule has 2 nitrogen and oxygen atoms in total. The normalized spacial score (nSPS) is 30.9. The summed E-state index contributed by atoms with van der Waals surface area (Å²) in [6.45, 7) is 6.69. The van der Waals surface area contributed by atoms with Crippen LogP contribution in [0.25, 0.3) is 0 Å². The fourth-order valence-electron chi connectivity index (χ4n) is 2.04. The van der Waals surface area contributed by atoms with Crippen LogP contribution in [0.2, 0.25) is 0 Å². The monoisotopic (exact) mass is 185 g/mol. The van der Waals surface area contributed by atoms with Gasteiger partial charge in [0.15, 0.2) is 0 Å². The van der Waals surface area contributed by atoms with Crippen molar-refractivity contribution in [3.63, 3.8) is 0 Å². The summed E-state index contributed by atoms with van der Waals surface area (Å²) in [5, 5.41) is 9.57. The highest BCUT2D eigenvalue weighted by atomic mass is 16.3. The molecule has 0 saturated heterocycles. The van der Waals surface area contributed by atoms with Gasteiger partial charge in [-0.15, -0.1) is 0 Å². The average molecular weight is 185 g/mol. The zero-order valence-electron chi connectivity index (χ0n) is 9.38. The van der Waals surface area contributed by atoms with E-state index in [1.54, 1.807) is 0 Å². The Morgan fingerprint density at radius 2 is 1.85 bits per heavy atom. The molecule has 13 heavy (non-hydrogen) atoms. The Labute approximate surface area is 81.9 Å². The molecule has 1 rings (SSSR count). The van der Waals surface area contributed by atoms with Crippen LogP contribution in [0.1, 0.15) is 46.5 Å². The van der Waals surface area contributed by atoms with Gasteiger partial charge in [0, 0.05) is 11.6 Å². The summed E-state index contributed by atoms with van der Waals surface area (Å²) < 4.78 is 0. The van der Waals surface area contributed by atoms with Crippen molar-refractivity contribution in [2.75, 3.05) is 7.05 Å². The Kier molecular flexibility index (Phi) is 3.36. The maximum atomic E-state index is 9.57. The molecule has 0 spiro atoms. The number of hydrogen-bond acceptors (Lipinski definition) is 2. The molecule has 0 amide bonds.